The summed E-state index contributed by atoms with van der Waals surface area (Å²) in [6.45, 7) is 3.95. The highest BCUT2D eigenvalue weighted by Gasteiger charge is 2.40. The van der Waals surface area contributed by atoms with Crippen LogP contribution in [0.5, 0.6) is 5.75 Å². The molecule has 2 aromatic rings. The second kappa shape index (κ2) is 7.47. The SMILES string of the molecule is Cc1cccc(NC(=O)[C@H]2CSCN2C(=O)[C@@H]2Cc3cc(F)ccc3O2)c1C. The Morgan fingerprint density at radius 3 is 2.89 bits per heavy atom. The number of halogens is 1. The molecule has 1 N–H and O–H groups in total. The van der Waals surface area contributed by atoms with Gasteiger partial charge in [0.15, 0.2) is 6.10 Å². The van der Waals surface area contributed by atoms with Gasteiger partial charge in [0.2, 0.25) is 5.91 Å². The summed E-state index contributed by atoms with van der Waals surface area (Å²) in [5.74, 6) is 0.725. The summed E-state index contributed by atoms with van der Waals surface area (Å²) in [6.07, 6.45) is -0.398. The van der Waals surface area contributed by atoms with Crippen molar-refractivity contribution >= 4 is 29.3 Å². The number of fused-ring (bicyclic) bond motifs is 1. The number of ether oxygens (including phenoxy) is 1. The smallest absolute Gasteiger partial charge is 0.265 e. The van der Waals surface area contributed by atoms with Crippen LogP contribution in [0.25, 0.3) is 0 Å². The third kappa shape index (κ3) is 3.46. The zero-order valence-corrected chi connectivity index (χ0v) is 16.5. The van der Waals surface area contributed by atoms with Gasteiger partial charge < -0.3 is 15.0 Å². The molecule has 1 fully saturated rings. The Labute approximate surface area is 167 Å². The fourth-order valence-electron chi connectivity index (χ4n) is 3.52. The minimum atomic E-state index is -0.716. The van der Waals surface area contributed by atoms with Crippen LogP contribution in [0.2, 0.25) is 0 Å². The van der Waals surface area contributed by atoms with Crippen molar-refractivity contribution in [3.05, 3.63) is 58.9 Å². The maximum absolute atomic E-state index is 13.4. The van der Waals surface area contributed by atoms with E-state index in [0.717, 1.165) is 16.8 Å². The molecule has 5 nitrogen and oxygen atoms in total. The number of nitrogens with one attached hydrogen (secondary N) is 1. The number of carbonyl (C=O) groups excluding carboxylic acids is 2. The molecule has 0 spiro atoms. The van der Waals surface area contributed by atoms with E-state index in [4.69, 9.17) is 4.74 Å². The largest absolute Gasteiger partial charge is 0.480 e. The molecule has 1 saturated heterocycles. The van der Waals surface area contributed by atoms with E-state index in [1.807, 2.05) is 32.0 Å². The molecule has 0 aliphatic carbocycles. The molecule has 2 aliphatic heterocycles. The lowest BCUT2D eigenvalue weighted by Gasteiger charge is -2.25. The fourth-order valence-corrected chi connectivity index (χ4v) is 4.68. The van der Waals surface area contributed by atoms with Gasteiger partial charge in [-0.1, -0.05) is 12.1 Å². The maximum atomic E-state index is 13.4. The number of aryl methyl sites for hydroxylation is 1. The Kier molecular flexibility index (Phi) is 5.02. The summed E-state index contributed by atoms with van der Waals surface area (Å²) < 4.78 is 19.1. The quantitative estimate of drug-likeness (QED) is 0.859. The number of anilines is 1. The van der Waals surface area contributed by atoms with Crippen molar-refractivity contribution in [2.45, 2.75) is 32.4 Å². The minimum absolute atomic E-state index is 0.200. The van der Waals surface area contributed by atoms with Gasteiger partial charge in [0, 0.05) is 23.4 Å². The summed E-state index contributed by atoms with van der Waals surface area (Å²) in [7, 11) is 0. The second-order valence-corrected chi connectivity index (χ2v) is 8.12. The first-order chi connectivity index (χ1) is 13.4. The molecule has 0 unspecified atom stereocenters. The second-order valence-electron chi connectivity index (χ2n) is 7.12. The first-order valence-electron chi connectivity index (χ1n) is 9.14. The monoisotopic (exact) mass is 400 g/mol. The van der Waals surface area contributed by atoms with Crippen LogP contribution in [0.1, 0.15) is 16.7 Å². The van der Waals surface area contributed by atoms with Gasteiger partial charge in [0.25, 0.3) is 5.91 Å². The van der Waals surface area contributed by atoms with Crippen LogP contribution in [0.15, 0.2) is 36.4 Å². The minimum Gasteiger partial charge on any atom is -0.480 e. The van der Waals surface area contributed by atoms with Crippen LogP contribution in [0.3, 0.4) is 0 Å². The molecule has 0 bridgehead atoms. The molecule has 4 rings (SSSR count). The zero-order valence-electron chi connectivity index (χ0n) is 15.7. The highest BCUT2D eigenvalue weighted by molar-refractivity contribution is 7.99. The molecule has 2 amide bonds. The van der Waals surface area contributed by atoms with Crippen molar-refractivity contribution in [2.24, 2.45) is 0 Å². The van der Waals surface area contributed by atoms with Gasteiger partial charge in [-0.15, -0.1) is 11.8 Å². The highest BCUT2D eigenvalue weighted by Crippen LogP contribution is 2.32. The van der Waals surface area contributed by atoms with Crippen molar-refractivity contribution in [1.29, 1.82) is 0 Å². The fraction of sp³-hybridized carbons (Fsp3) is 0.333. The van der Waals surface area contributed by atoms with Crippen molar-refractivity contribution in [2.75, 3.05) is 16.9 Å². The lowest BCUT2D eigenvalue weighted by molar-refractivity contribution is -0.141. The molecule has 7 heteroatoms. The summed E-state index contributed by atoms with van der Waals surface area (Å²) in [5.41, 5.74) is 3.54. The van der Waals surface area contributed by atoms with Gasteiger partial charge in [-0.05, 0) is 49.2 Å². The normalized spacial score (nSPS) is 20.6. The van der Waals surface area contributed by atoms with Crippen molar-refractivity contribution in [3.63, 3.8) is 0 Å². The average molecular weight is 400 g/mol. The number of hydrogen-bond donors (Lipinski definition) is 1. The predicted molar refractivity (Wildman–Crippen MR) is 107 cm³/mol. The average Bonchev–Trinajstić information content (AvgIpc) is 3.31. The summed E-state index contributed by atoms with van der Waals surface area (Å²) >= 11 is 1.54. The van der Waals surface area contributed by atoms with Crippen LogP contribution in [0.4, 0.5) is 10.1 Å². The van der Waals surface area contributed by atoms with Crippen LogP contribution >= 0.6 is 11.8 Å². The molecule has 28 heavy (non-hydrogen) atoms. The number of rotatable bonds is 3. The Hall–Kier alpha value is -2.54. The van der Waals surface area contributed by atoms with E-state index >= 15 is 0 Å². The summed E-state index contributed by atoms with van der Waals surface area (Å²) in [5, 5.41) is 2.96. The lowest BCUT2D eigenvalue weighted by Crippen LogP contribution is -2.49. The Bertz CT molecular complexity index is 949. The van der Waals surface area contributed by atoms with Gasteiger partial charge in [0.05, 0.1) is 5.88 Å². The van der Waals surface area contributed by atoms with Gasteiger partial charge >= 0.3 is 0 Å². The first-order valence-corrected chi connectivity index (χ1v) is 10.3. The zero-order chi connectivity index (χ0) is 19.8. The number of carbonyl (C=O) groups is 2. The third-order valence-corrected chi connectivity index (χ3v) is 6.32. The van der Waals surface area contributed by atoms with Crippen molar-refractivity contribution < 1.29 is 18.7 Å². The molecule has 146 valence electrons. The Morgan fingerprint density at radius 2 is 2.07 bits per heavy atom. The number of nitrogens with zero attached hydrogens (tertiary/aromatic N) is 1. The van der Waals surface area contributed by atoms with Gasteiger partial charge in [0.1, 0.15) is 17.6 Å². The number of benzene rings is 2. The topological polar surface area (TPSA) is 58.6 Å². The number of thioether (sulfide) groups is 1. The van der Waals surface area contributed by atoms with Crippen LogP contribution < -0.4 is 10.1 Å². The van der Waals surface area contributed by atoms with E-state index in [1.165, 1.54) is 23.9 Å². The van der Waals surface area contributed by atoms with Crippen LogP contribution in [0, 0.1) is 19.7 Å². The molecule has 2 aromatic carbocycles. The van der Waals surface area contributed by atoms with E-state index < -0.39 is 12.1 Å². The highest BCUT2D eigenvalue weighted by atomic mass is 32.2. The summed E-state index contributed by atoms with van der Waals surface area (Å²) in [6, 6.07) is 9.45. The first kappa shape index (κ1) is 18.8. The molecular weight excluding hydrogens is 379 g/mol. The van der Waals surface area contributed by atoms with Gasteiger partial charge in [-0.2, -0.15) is 0 Å². The molecular formula is C21H21FN2O3S. The molecule has 0 radical (unpaired) electrons. The van der Waals surface area contributed by atoms with E-state index in [2.05, 4.69) is 5.32 Å². The lowest BCUT2D eigenvalue weighted by atomic mass is 10.1. The van der Waals surface area contributed by atoms with Crippen molar-refractivity contribution in [3.8, 4) is 5.75 Å². The van der Waals surface area contributed by atoms with Gasteiger partial charge in [-0.3, -0.25) is 9.59 Å². The molecule has 2 heterocycles. The standard InChI is InChI=1S/C21H21FN2O3S/c1-12-4-3-5-16(13(12)2)23-20(25)17-10-28-11-24(17)21(26)19-9-14-8-15(22)6-7-18(14)27-19/h3-8,17,19H,9-11H2,1-2H3,(H,23,25)/t17-,19+/m1/s1. The van der Waals surface area contributed by atoms with E-state index in [-0.39, 0.29) is 17.6 Å². The summed E-state index contributed by atoms with van der Waals surface area (Å²) in [4.78, 5) is 27.4. The maximum Gasteiger partial charge on any atom is 0.265 e. The molecule has 0 aromatic heterocycles. The van der Waals surface area contributed by atoms with E-state index in [1.54, 1.807) is 11.0 Å². The number of hydrogen-bond acceptors (Lipinski definition) is 4. The van der Waals surface area contributed by atoms with Gasteiger partial charge in [-0.25, -0.2) is 4.39 Å². The molecule has 2 atom stereocenters. The predicted octanol–water partition coefficient (Wildman–Crippen LogP) is 3.29. The molecule has 0 saturated carbocycles. The van der Waals surface area contributed by atoms with Crippen LogP contribution in [-0.2, 0) is 16.0 Å². The number of amides is 2. The molecule has 2 aliphatic rings. The van der Waals surface area contributed by atoms with E-state index in [9.17, 15) is 14.0 Å². The van der Waals surface area contributed by atoms with Crippen molar-refractivity contribution in [1.82, 2.24) is 4.90 Å². The Balaban J connectivity index is 1.47. The van der Waals surface area contributed by atoms with E-state index in [0.29, 0.717) is 29.4 Å². The van der Waals surface area contributed by atoms with Crippen LogP contribution in [-0.4, -0.2) is 40.5 Å². The third-order valence-electron chi connectivity index (χ3n) is 5.30. The Morgan fingerprint density at radius 1 is 1.25 bits per heavy atom.